The van der Waals surface area contributed by atoms with Crippen LogP contribution in [0.25, 0.3) is 10.2 Å². The molecule has 2 aromatic heterocycles. The smallest absolute Gasteiger partial charge is 0.280 e. The van der Waals surface area contributed by atoms with Gasteiger partial charge in [0.1, 0.15) is 5.75 Å². The van der Waals surface area contributed by atoms with Gasteiger partial charge in [-0.05, 0) is 47.8 Å². The zero-order chi connectivity index (χ0) is 19.5. The number of hydrogen-bond donors (Lipinski definition) is 0. The highest BCUT2D eigenvalue weighted by Crippen LogP contribution is 2.32. The molecular formula is C20H14BrN3O2S2. The summed E-state index contributed by atoms with van der Waals surface area (Å²) in [5.41, 5.74) is 1.31. The van der Waals surface area contributed by atoms with E-state index in [2.05, 4.69) is 26.0 Å². The van der Waals surface area contributed by atoms with E-state index in [1.807, 2.05) is 47.8 Å². The van der Waals surface area contributed by atoms with Gasteiger partial charge in [0.15, 0.2) is 0 Å². The fraction of sp³-hybridized carbons (Fsp3) is 0.0500. The van der Waals surface area contributed by atoms with Gasteiger partial charge in [0, 0.05) is 14.9 Å². The lowest BCUT2D eigenvalue weighted by Crippen LogP contribution is -2.25. The Balaban J connectivity index is 1.77. The molecule has 4 rings (SSSR count). The monoisotopic (exact) mass is 471 g/mol. The highest BCUT2D eigenvalue weighted by molar-refractivity contribution is 9.10. The molecule has 28 heavy (non-hydrogen) atoms. The molecule has 4 aromatic rings. The number of fused-ring (bicyclic) bond motifs is 1. The van der Waals surface area contributed by atoms with Crippen molar-refractivity contribution >= 4 is 66.1 Å². The van der Waals surface area contributed by atoms with Gasteiger partial charge in [0.25, 0.3) is 5.91 Å². The molecule has 0 atom stereocenters. The Hall–Kier alpha value is -2.55. The molecule has 0 aliphatic carbocycles. The number of thiophene rings is 1. The van der Waals surface area contributed by atoms with Gasteiger partial charge in [-0.15, -0.1) is 11.3 Å². The van der Waals surface area contributed by atoms with Crippen molar-refractivity contribution in [3.05, 3.63) is 74.9 Å². The van der Waals surface area contributed by atoms with Crippen LogP contribution in [0.2, 0.25) is 0 Å². The number of nitrogens with zero attached hydrogens (tertiary/aromatic N) is 3. The predicted octanol–water partition coefficient (Wildman–Crippen LogP) is 5.81. The minimum Gasteiger partial charge on any atom is -0.497 e. The number of anilines is 1. The molecule has 0 aliphatic heterocycles. The Morgan fingerprint density at radius 1 is 1.21 bits per heavy atom. The number of rotatable bonds is 5. The number of aromatic nitrogens is 1. The van der Waals surface area contributed by atoms with Gasteiger partial charge in [-0.1, -0.05) is 39.4 Å². The first-order chi connectivity index (χ1) is 13.6. The standard InChI is InChI=1S/C20H14BrN3O2S2/c1-26-15-7-8-17-18(11-15)28-20(23-17)24(22-12-16-6-3-9-27-16)19(25)13-4-2-5-14(21)10-13/h2-12H,1H3/b22-12+. The normalized spacial score (nSPS) is 11.2. The summed E-state index contributed by atoms with van der Waals surface area (Å²) < 4.78 is 7.04. The van der Waals surface area contributed by atoms with E-state index in [0.717, 1.165) is 25.3 Å². The summed E-state index contributed by atoms with van der Waals surface area (Å²) in [4.78, 5) is 18.8. The molecule has 2 heterocycles. The maximum atomic E-state index is 13.2. The van der Waals surface area contributed by atoms with Gasteiger partial charge >= 0.3 is 0 Å². The van der Waals surface area contributed by atoms with Crippen molar-refractivity contribution in [2.24, 2.45) is 5.10 Å². The summed E-state index contributed by atoms with van der Waals surface area (Å²) in [6.07, 6.45) is 1.67. The van der Waals surface area contributed by atoms with Crippen LogP contribution in [0.3, 0.4) is 0 Å². The number of ether oxygens (including phenoxy) is 1. The van der Waals surface area contributed by atoms with Crippen LogP contribution >= 0.6 is 38.6 Å². The molecule has 8 heteroatoms. The number of thiazole rings is 1. The van der Waals surface area contributed by atoms with Gasteiger partial charge < -0.3 is 4.74 Å². The molecule has 5 nitrogen and oxygen atoms in total. The van der Waals surface area contributed by atoms with Crippen LogP contribution in [0.1, 0.15) is 15.2 Å². The molecule has 0 bridgehead atoms. The number of amides is 1. The SMILES string of the molecule is COc1ccc2nc(N(/N=C/c3cccs3)C(=O)c3cccc(Br)c3)sc2c1. The Morgan fingerprint density at radius 2 is 2.11 bits per heavy atom. The molecule has 0 fully saturated rings. The third kappa shape index (κ3) is 3.99. The summed E-state index contributed by atoms with van der Waals surface area (Å²) in [7, 11) is 1.62. The molecule has 0 unspecified atom stereocenters. The van der Waals surface area contributed by atoms with Gasteiger partial charge in [0.05, 0.1) is 23.5 Å². The van der Waals surface area contributed by atoms with Crippen molar-refractivity contribution in [2.45, 2.75) is 0 Å². The lowest BCUT2D eigenvalue weighted by molar-refractivity contribution is 0.0988. The molecule has 1 amide bonds. The number of hydrogen-bond acceptors (Lipinski definition) is 6. The van der Waals surface area contributed by atoms with E-state index in [0.29, 0.717) is 10.7 Å². The first kappa shape index (κ1) is 18.8. The molecule has 0 spiro atoms. The maximum absolute atomic E-state index is 13.2. The molecule has 0 radical (unpaired) electrons. The van der Waals surface area contributed by atoms with E-state index >= 15 is 0 Å². The van der Waals surface area contributed by atoms with Crippen molar-refractivity contribution < 1.29 is 9.53 Å². The summed E-state index contributed by atoms with van der Waals surface area (Å²) in [5, 5.41) is 8.26. The first-order valence-corrected chi connectivity index (χ1v) is 10.7. The van der Waals surface area contributed by atoms with E-state index in [1.54, 1.807) is 36.8 Å². The Kier molecular flexibility index (Phi) is 5.52. The van der Waals surface area contributed by atoms with Gasteiger partial charge in [-0.25, -0.2) is 4.98 Å². The maximum Gasteiger partial charge on any atom is 0.280 e. The number of benzene rings is 2. The number of carbonyl (C=O) groups excluding carboxylic acids is 1. The van der Waals surface area contributed by atoms with Crippen molar-refractivity contribution in [3.8, 4) is 5.75 Å². The summed E-state index contributed by atoms with van der Waals surface area (Å²) in [6.45, 7) is 0. The lowest BCUT2D eigenvalue weighted by atomic mass is 10.2. The molecule has 0 saturated heterocycles. The van der Waals surface area contributed by atoms with Crippen molar-refractivity contribution in [3.63, 3.8) is 0 Å². The Bertz CT molecular complexity index is 1160. The van der Waals surface area contributed by atoms with E-state index in [1.165, 1.54) is 16.3 Å². The van der Waals surface area contributed by atoms with Crippen molar-refractivity contribution in [1.82, 2.24) is 4.98 Å². The zero-order valence-electron chi connectivity index (χ0n) is 14.7. The predicted molar refractivity (Wildman–Crippen MR) is 119 cm³/mol. The van der Waals surface area contributed by atoms with Crippen LogP contribution in [0, 0.1) is 0 Å². The third-order valence-corrected chi connectivity index (χ3v) is 6.17. The molecule has 140 valence electrons. The second-order valence-corrected chi connectivity index (χ2v) is 8.62. The fourth-order valence-corrected chi connectivity index (χ4v) is 4.45. The number of carbonyl (C=O) groups is 1. The molecule has 0 saturated carbocycles. The highest BCUT2D eigenvalue weighted by Gasteiger charge is 2.21. The molecule has 0 aliphatic rings. The van der Waals surface area contributed by atoms with Crippen molar-refractivity contribution in [2.75, 3.05) is 12.1 Å². The number of hydrazone groups is 1. The average molecular weight is 472 g/mol. The zero-order valence-corrected chi connectivity index (χ0v) is 17.9. The number of methoxy groups -OCH3 is 1. The van der Waals surface area contributed by atoms with Crippen LogP contribution in [0.4, 0.5) is 5.13 Å². The van der Waals surface area contributed by atoms with Crippen molar-refractivity contribution in [1.29, 1.82) is 0 Å². The quantitative estimate of drug-likeness (QED) is 0.272. The Labute approximate surface area is 178 Å². The molecule has 0 N–H and O–H groups in total. The van der Waals surface area contributed by atoms with E-state index in [4.69, 9.17) is 4.74 Å². The summed E-state index contributed by atoms with van der Waals surface area (Å²) in [6, 6.07) is 16.7. The average Bonchev–Trinajstić information content (AvgIpc) is 3.37. The van der Waals surface area contributed by atoms with Crippen LogP contribution in [-0.2, 0) is 0 Å². The molecular weight excluding hydrogens is 458 g/mol. The lowest BCUT2D eigenvalue weighted by Gasteiger charge is -2.13. The van der Waals surface area contributed by atoms with Gasteiger partial charge in [0.2, 0.25) is 5.13 Å². The van der Waals surface area contributed by atoms with E-state index in [9.17, 15) is 4.79 Å². The minimum atomic E-state index is -0.250. The van der Waals surface area contributed by atoms with Crippen LogP contribution < -0.4 is 9.75 Å². The second kappa shape index (κ2) is 8.22. The van der Waals surface area contributed by atoms with Crippen LogP contribution in [-0.4, -0.2) is 24.2 Å². The third-order valence-electron chi connectivity index (χ3n) is 3.87. The highest BCUT2D eigenvalue weighted by atomic mass is 79.9. The van der Waals surface area contributed by atoms with E-state index < -0.39 is 0 Å². The van der Waals surface area contributed by atoms with Gasteiger partial charge in [-0.2, -0.15) is 10.1 Å². The summed E-state index contributed by atoms with van der Waals surface area (Å²) >= 11 is 6.36. The van der Waals surface area contributed by atoms with Gasteiger partial charge in [-0.3, -0.25) is 4.79 Å². The van der Waals surface area contributed by atoms with Crippen LogP contribution in [0.5, 0.6) is 5.75 Å². The number of halogens is 1. The first-order valence-electron chi connectivity index (χ1n) is 8.26. The van der Waals surface area contributed by atoms with E-state index in [-0.39, 0.29) is 5.91 Å². The van der Waals surface area contributed by atoms with Crippen LogP contribution in [0.15, 0.2) is 69.6 Å². The largest absolute Gasteiger partial charge is 0.497 e. The molecule has 2 aromatic carbocycles. The summed E-state index contributed by atoms with van der Waals surface area (Å²) in [5.74, 6) is 0.495. The fourth-order valence-electron chi connectivity index (χ4n) is 2.52. The Morgan fingerprint density at radius 3 is 2.86 bits per heavy atom. The minimum absolute atomic E-state index is 0.250. The topological polar surface area (TPSA) is 54.8 Å². The second-order valence-electron chi connectivity index (χ2n) is 5.72.